The molecule has 1 aromatic carbocycles. The Balaban J connectivity index is 1.56. The van der Waals surface area contributed by atoms with E-state index in [0.29, 0.717) is 24.2 Å². The third-order valence-corrected chi connectivity index (χ3v) is 5.90. The number of likely N-dealkylation sites (N-methyl/N-ethyl adjacent to an activating group) is 1. The van der Waals surface area contributed by atoms with Gasteiger partial charge in [-0.05, 0) is 62.8 Å². The summed E-state index contributed by atoms with van der Waals surface area (Å²) in [7, 11) is 3.60. The van der Waals surface area contributed by atoms with Gasteiger partial charge in [0.05, 0.1) is 11.0 Å². The number of aromatic amines is 1. The fourth-order valence-electron chi connectivity index (χ4n) is 4.32. The molecule has 0 saturated carbocycles. The molecule has 32 heavy (non-hydrogen) atoms. The molecular weight excluding hydrogens is 424 g/mol. The maximum absolute atomic E-state index is 13.4. The summed E-state index contributed by atoms with van der Waals surface area (Å²) in [4.78, 5) is 23.9. The molecule has 1 aliphatic rings. The summed E-state index contributed by atoms with van der Waals surface area (Å²) in [5, 5.41) is 0. The second-order valence-corrected chi connectivity index (χ2v) is 8.39. The molecule has 9 heteroatoms. The van der Waals surface area contributed by atoms with Gasteiger partial charge in [0.2, 0.25) is 5.91 Å². The number of carbonyl (C=O) groups is 1. The number of nitrogens with one attached hydrogen (secondary N) is 1. The van der Waals surface area contributed by atoms with Gasteiger partial charge in [-0.15, -0.1) is 0 Å². The number of nitrogens with zero attached hydrogens (tertiary/aromatic N) is 3. The number of aromatic nitrogens is 2. The largest absolute Gasteiger partial charge is 0.433 e. The summed E-state index contributed by atoms with van der Waals surface area (Å²) in [5.41, 5.74) is 1.35. The van der Waals surface area contributed by atoms with Gasteiger partial charge in [-0.3, -0.25) is 9.69 Å². The number of benzene rings is 1. The lowest BCUT2D eigenvalue weighted by Crippen LogP contribution is -2.45. The van der Waals surface area contributed by atoms with E-state index in [2.05, 4.69) is 9.97 Å². The maximum Gasteiger partial charge on any atom is 0.433 e. The zero-order valence-corrected chi connectivity index (χ0v) is 17.8. The van der Waals surface area contributed by atoms with Crippen LogP contribution in [-0.2, 0) is 11.0 Å². The summed E-state index contributed by atoms with van der Waals surface area (Å²) in [5.74, 6) is -0.481. The van der Waals surface area contributed by atoms with Crippen molar-refractivity contribution in [1.29, 1.82) is 0 Å². The number of amides is 1. The second-order valence-electron chi connectivity index (χ2n) is 8.39. The molecule has 3 aromatic rings. The third-order valence-electron chi connectivity index (χ3n) is 5.90. The van der Waals surface area contributed by atoms with Crippen molar-refractivity contribution in [2.24, 2.45) is 0 Å². The minimum atomic E-state index is -4.50. The summed E-state index contributed by atoms with van der Waals surface area (Å²) in [6.45, 7) is 1.04. The van der Waals surface area contributed by atoms with Gasteiger partial charge in [-0.1, -0.05) is 12.1 Å². The van der Waals surface area contributed by atoms with Gasteiger partial charge < -0.3 is 9.88 Å². The fraction of sp³-hybridized carbons (Fsp3) is 0.391. The number of carbonyl (C=O) groups excluding carboxylic acids is 1. The monoisotopic (exact) mass is 448 g/mol. The van der Waals surface area contributed by atoms with Crippen LogP contribution in [0.5, 0.6) is 0 Å². The molecule has 4 rings (SSSR count). The Morgan fingerprint density at radius 2 is 1.91 bits per heavy atom. The van der Waals surface area contributed by atoms with Crippen molar-refractivity contribution in [1.82, 2.24) is 19.8 Å². The number of hydrogen-bond donors (Lipinski definition) is 1. The normalized spacial score (nSPS) is 18.3. The van der Waals surface area contributed by atoms with Gasteiger partial charge in [0.15, 0.2) is 0 Å². The topological polar surface area (TPSA) is 52.2 Å². The van der Waals surface area contributed by atoms with Gasteiger partial charge in [0.1, 0.15) is 17.6 Å². The fourth-order valence-corrected chi connectivity index (χ4v) is 4.32. The molecule has 1 saturated heterocycles. The second kappa shape index (κ2) is 8.54. The summed E-state index contributed by atoms with van der Waals surface area (Å²) in [6, 6.07) is 9.35. The molecule has 0 bridgehead atoms. The molecule has 170 valence electrons. The smallest absolute Gasteiger partial charge is 0.357 e. The molecule has 2 aromatic heterocycles. The number of hydrogen-bond acceptors (Lipinski definition) is 3. The molecule has 0 radical (unpaired) electrons. The average Bonchev–Trinajstić information content (AvgIpc) is 3.18. The van der Waals surface area contributed by atoms with Gasteiger partial charge >= 0.3 is 6.18 Å². The van der Waals surface area contributed by atoms with Gasteiger partial charge in [-0.2, -0.15) is 13.2 Å². The third kappa shape index (κ3) is 4.48. The molecule has 5 nitrogen and oxygen atoms in total. The average molecular weight is 448 g/mol. The number of pyridine rings is 1. The lowest BCUT2D eigenvalue weighted by molar-refractivity contribution is -0.141. The zero-order chi connectivity index (χ0) is 23.0. The first kappa shape index (κ1) is 22.3. The van der Waals surface area contributed by atoms with Crippen LogP contribution in [-0.4, -0.2) is 52.9 Å². The van der Waals surface area contributed by atoms with Gasteiger partial charge in [0.25, 0.3) is 0 Å². The molecule has 2 atom stereocenters. The Hall–Kier alpha value is -2.94. The summed E-state index contributed by atoms with van der Waals surface area (Å²) in [6.07, 6.45) is -2.91. The number of likely N-dealkylation sites (tertiary alicyclic amines) is 1. The Bertz CT molecular complexity index is 1110. The Kier molecular flexibility index (Phi) is 5.94. The van der Waals surface area contributed by atoms with E-state index in [4.69, 9.17) is 0 Å². The standard InChI is InChI=1S/C23H24F4N4O/c1-30(2)21(14-5-7-16(24)8-6-14)22(32)31-11-3-4-15(13-31)18-12-19-17(28-18)9-10-20(29-19)23(25,26)27/h5-10,12,15,21,28H,3-4,11,13H2,1-2H3/t15-,21+/m0/s1. The van der Waals surface area contributed by atoms with E-state index in [9.17, 15) is 22.4 Å². The number of alkyl halides is 3. The van der Waals surface area contributed by atoms with Crippen LogP contribution in [0.1, 0.15) is 41.8 Å². The van der Waals surface area contributed by atoms with Gasteiger partial charge in [-0.25, -0.2) is 9.37 Å². The lowest BCUT2D eigenvalue weighted by Gasteiger charge is -2.36. The van der Waals surface area contributed by atoms with Crippen LogP contribution in [0.4, 0.5) is 17.6 Å². The van der Waals surface area contributed by atoms with Crippen LogP contribution in [0.25, 0.3) is 11.0 Å². The van der Waals surface area contributed by atoms with Crippen LogP contribution >= 0.6 is 0 Å². The highest BCUT2D eigenvalue weighted by molar-refractivity contribution is 5.83. The Morgan fingerprint density at radius 1 is 1.19 bits per heavy atom. The van der Waals surface area contributed by atoms with E-state index < -0.39 is 17.9 Å². The van der Waals surface area contributed by atoms with E-state index in [1.54, 1.807) is 42.1 Å². The highest BCUT2D eigenvalue weighted by Gasteiger charge is 2.34. The number of rotatable bonds is 4. The van der Waals surface area contributed by atoms with Crippen LogP contribution in [0, 0.1) is 5.82 Å². The van der Waals surface area contributed by atoms with Crippen molar-refractivity contribution in [3.63, 3.8) is 0 Å². The molecule has 0 aliphatic carbocycles. The predicted molar refractivity (Wildman–Crippen MR) is 112 cm³/mol. The van der Waals surface area contributed by atoms with E-state index in [1.165, 1.54) is 18.2 Å². The quantitative estimate of drug-likeness (QED) is 0.587. The van der Waals surface area contributed by atoms with E-state index in [1.807, 2.05) is 0 Å². The van der Waals surface area contributed by atoms with Crippen molar-refractivity contribution < 1.29 is 22.4 Å². The molecule has 1 aliphatic heterocycles. The Morgan fingerprint density at radius 3 is 2.56 bits per heavy atom. The predicted octanol–water partition coefficient (Wildman–Crippen LogP) is 4.73. The molecular formula is C23H24F4N4O. The highest BCUT2D eigenvalue weighted by Crippen LogP contribution is 2.33. The van der Waals surface area contributed by atoms with Crippen molar-refractivity contribution in [2.45, 2.75) is 31.0 Å². The van der Waals surface area contributed by atoms with E-state index in [-0.39, 0.29) is 23.2 Å². The summed E-state index contributed by atoms with van der Waals surface area (Å²) < 4.78 is 52.3. The molecule has 0 unspecified atom stereocenters. The van der Waals surface area contributed by atoms with Crippen LogP contribution in [0.15, 0.2) is 42.5 Å². The molecule has 3 heterocycles. The lowest BCUT2D eigenvalue weighted by atomic mass is 9.93. The first-order valence-corrected chi connectivity index (χ1v) is 10.4. The first-order chi connectivity index (χ1) is 15.1. The molecule has 0 spiro atoms. The zero-order valence-electron chi connectivity index (χ0n) is 17.8. The van der Waals surface area contributed by atoms with Crippen molar-refractivity contribution in [3.8, 4) is 0 Å². The van der Waals surface area contributed by atoms with Crippen LogP contribution in [0.3, 0.4) is 0 Å². The molecule has 1 fully saturated rings. The number of halogens is 4. The number of piperidine rings is 1. The first-order valence-electron chi connectivity index (χ1n) is 10.4. The minimum absolute atomic E-state index is 0.0349. The maximum atomic E-state index is 13.4. The van der Waals surface area contributed by atoms with E-state index >= 15 is 0 Å². The number of fused-ring (bicyclic) bond motifs is 1. The minimum Gasteiger partial charge on any atom is -0.357 e. The highest BCUT2D eigenvalue weighted by atomic mass is 19.4. The van der Waals surface area contributed by atoms with Crippen LogP contribution < -0.4 is 0 Å². The number of H-pyrrole nitrogens is 1. The molecule has 1 amide bonds. The van der Waals surface area contributed by atoms with Crippen molar-refractivity contribution >= 4 is 16.9 Å². The summed E-state index contributed by atoms with van der Waals surface area (Å²) >= 11 is 0. The SMILES string of the molecule is CN(C)[C@@H](C(=O)N1CCC[C@H](c2cc3nc(C(F)(F)F)ccc3[nH]2)C1)c1ccc(F)cc1. The van der Waals surface area contributed by atoms with Crippen LogP contribution in [0.2, 0.25) is 0 Å². The van der Waals surface area contributed by atoms with Crippen molar-refractivity contribution in [3.05, 3.63) is 65.2 Å². The van der Waals surface area contributed by atoms with Crippen molar-refractivity contribution in [2.75, 3.05) is 27.2 Å². The molecule has 1 N–H and O–H groups in total. The van der Waals surface area contributed by atoms with E-state index in [0.717, 1.165) is 24.6 Å². The van der Waals surface area contributed by atoms with Gasteiger partial charge in [0, 0.05) is 24.7 Å². The Labute approximate surface area is 183 Å².